The highest BCUT2D eigenvalue weighted by molar-refractivity contribution is 5.91. The molecule has 4 nitrogen and oxygen atoms in total. The number of hydrogen-bond acceptors (Lipinski definition) is 4. The number of benzene rings is 2. The number of likely N-dealkylation sites (N-methyl/N-ethyl adjacent to an activating group) is 1. The Labute approximate surface area is 149 Å². The number of hydrogen-bond donors (Lipinski definition) is 1. The first-order valence-corrected chi connectivity index (χ1v) is 8.42. The van der Waals surface area contributed by atoms with Crippen LogP contribution in [0.15, 0.2) is 53.6 Å². The lowest BCUT2D eigenvalue weighted by molar-refractivity contribution is 0.414. The van der Waals surface area contributed by atoms with E-state index >= 15 is 0 Å². The molecule has 0 saturated heterocycles. The molecule has 4 heteroatoms. The average Bonchev–Trinajstić information content (AvgIpc) is 2.60. The summed E-state index contributed by atoms with van der Waals surface area (Å²) in [4.78, 5) is 2.28. The van der Waals surface area contributed by atoms with Gasteiger partial charge in [0.2, 0.25) is 0 Å². The molecule has 0 fully saturated rings. The number of para-hydroxylation sites is 1. The number of ether oxygens (including phenoxy) is 1. The highest BCUT2D eigenvalue weighted by atomic mass is 16.5. The average molecular weight is 335 g/mol. The third-order valence-electron chi connectivity index (χ3n) is 4.74. The van der Waals surface area contributed by atoms with Gasteiger partial charge in [-0.15, -0.1) is 0 Å². The molecule has 0 atom stereocenters. The Morgan fingerprint density at radius 1 is 1.16 bits per heavy atom. The minimum atomic E-state index is -0.0213. The standard InChI is InChI=1S/C21H25N3O/c1-15-13-21(2,3)24(4)19-12-20(25-5)16(11-18(15)19)14-22-23-17-9-7-6-8-10-17/h6-14,23H,1-5H3/b22-14-. The van der Waals surface area contributed by atoms with Crippen molar-refractivity contribution in [1.29, 1.82) is 0 Å². The van der Waals surface area contributed by atoms with Gasteiger partial charge in [-0.25, -0.2) is 0 Å². The van der Waals surface area contributed by atoms with Gasteiger partial charge >= 0.3 is 0 Å². The maximum Gasteiger partial charge on any atom is 0.129 e. The molecule has 2 aromatic rings. The van der Waals surface area contributed by atoms with Crippen molar-refractivity contribution < 1.29 is 4.74 Å². The second-order valence-corrected chi connectivity index (χ2v) is 6.89. The summed E-state index contributed by atoms with van der Waals surface area (Å²) in [7, 11) is 3.81. The Morgan fingerprint density at radius 3 is 2.56 bits per heavy atom. The lowest BCUT2D eigenvalue weighted by Crippen LogP contribution is -2.42. The van der Waals surface area contributed by atoms with Gasteiger partial charge in [0.15, 0.2) is 0 Å². The first-order chi connectivity index (χ1) is 11.9. The van der Waals surface area contributed by atoms with Crippen LogP contribution >= 0.6 is 0 Å². The fourth-order valence-corrected chi connectivity index (χ4v) is 3.16. The molecule has 0 radical (unpaired) electrons. The van der Waals surface area contributed by atoms with E-state index in [1.807, 2.05) is 30.3 Å². The van der Waals surface area contributed by atoms with E-state index in [-0.39, 0.29) is 5.54 Å². The SMILES string of the molecule is COc1cc2c(cc1/C=N\Nc1ccccc1)C(C)=CC(C)(C)N2C. The first-order valence-electron chi connectivity index (χ1n) is 8.42. The molecule has 2 aromatic carbocycles. The van der Waals surface area contributed by atoms with Crippen molar-refractivity contribution in [3.05, 3.63) is 59.7 Å². The monoisotopic (exact) mass is 335 g/mol. The number of anilines is 2. The van der Waals surface area contributed by atoms with Gasteiger partial charge < -0.3 is 9.64 Å². The van der Waals surface area contributed by atoms with E-state index in [4.69, 9.17) is 4.74 Å². The van der Waals surface area contributed by atoms with E-state index in [1.54, 1.807) is 13.3 Å². The number of rotatable bonds is 4. The van der Waals surface area contributed by atoms with Crippen LogP contribution in [-0.2, 0) is 0 Å². The molecule has 1 heterocycles. The van der Waals surface area contributed by atoms with Crippen LogP contribution in [0.2, 0.25) is 0 Å². The lowest BCUT2D eigenvalue weighted by atomic mass is 9.88. The maximum atomic E-state index is 5.60. The van der Waals surface area contributed by atoms with Crippen molar-refractivity contribution in [2.75, 3.05) is 24.5 Å². The Balaban J connectivity index is 1.95. The van der Waals surface area contributed by atoms with Gasteiger partial charge in [0.05, 0.1) is 24.6 Å². The molecule has 1 aliphatic heterocycles. The van der Waals surface area contributed by atoms with Crippen molar-refractivity contribution in [1.82, 2.24) is 0 Å². The van der Waals surface area contributed by atoms with E-state index in [2.05, 4.69) is 61.5 Å². The minimum absolute atomic E-state index is 0.0213. The van der Waals surface area contributed by atoms with Crippen LogP contribution in [-0.4, -0.2) is 25.9 Å². The van der Waals surface area contributed by atoms with E-state index in [9.17, 15) is 0 Å². The molecule has 1 aliphatic rings. The molecule has 1 N–H and O–H groups in total. The van der Waals surface area contributed by atoms with Crippen molar-refractivity contribution in [3.8, 4) is 5.75 Å². The van der Waals surface area contributed by atoms with Gasteiger partial charge in [-0.1, -0.05) is 24.3 Å². The zero-order chi connectivity index (χ0) is 18.0. The predicted molar refractivity (Wildman–Crippen MR) is 107 cm³/mol. The van der Waals surface area contributed by atoms with E-state index in [0.29, 0.717) is 0 Å². The Hall–Kier alpha value is -2.75. The summed E-state index contributed by atoms with van der Waals surface area (Å²) in [6, 6.07) is 14.1. The van der Waals surface area contributed by atoms with Crippen molar-refractivity contribution in [2.45, 2.75) is 26.3 Å². The minimum Gasteiger partial charge on any atom is -0.496 e. The third-order valence-corrected chi connectivity index (χ3v) is 4.74. The fourth-order valence-electron chi connectivity index (χ4n) is 3.16. The van der Waals surface area contributed by atoms with Gasteiger partial charge in [0.1, 0.15) is 5.75 Å². The van der Waals surface area contributed by atoms with E-state index in [1.165, 1.54) is 16.8 Å². The lowest BCUT2D eigenvalue weighted by Gasteiger charge is -2.40. The van der Waals surface area contributed by atoms with Crippen LogP contribution in [0.1, 0.15) is 31.9 Å². The summed E-state index contributed by atoms with van der Waals surface area (Å²) in [6.07, 6.45) is 4.10. The topological polar surface area (TPSA) is 36.9 Å². The molecule has 3 rings (SSSR count). The zero-order valence-corrected chi connectivity index (χ0v) is 15.5. The highest BCUT2D eigenvalue weighted by Gasteiger charge is 2.29. The first kappa shape index (κ1) is 17.1. The molecule has 130 valence electrons. The summed E-state index contributed by atoms with van der Waals surface area (Å²) in [5.74, 6) is 0.815. The van der Waals surface area contributed by atoms with Crippen LogP contribution in [0.4, 0.5) is 11.4 Å². The Kier molecular flexibility index (Phi) is 4.53. The molecule has 0 saturated carbocycles. The fraction of sp³-hybridized carbons (Fsp3) is 0.286. The van der Waals surface area contributed by atoms with Crippen LogP contribution < -0.4 is 15.1 Å². The summed E-state index contributed by atoms with van der Waals surface area (Å²) >= 11 is 0. The van der Waals surface area contributed by atoms with Gasteiger partial charge in [-0.3, -0.25) is 5.43 Å². The molecule has 0 aromatic heterocycles. The molecule has 0 unspecified atom stereocenters. The summed E-state index contributed by atoms with van der Waals surface area (Å²) in [5.41, 5.74) is 8.58. The summed E-state index contributed by atoms with van der Waals surface area (Å²) < 4.78 is 5.60. The smallest absolute Gasteiger partial charge is 0.129 e. The van der Waals surface area contributed by atoms with Crippen LogP contribution in [0.25, 0.3) is 5.57 Å². The van der Waals surface area contributed by atoms with Crippen LogP contribution in [0.5, 0.6) is 5.75 Å². The molecular weight excluding hydrogens is 310 g/mol. The second-order valence-electron chi connectivity index (χ2n) is 6.89. The molecule has 0 aliphatic carbocycles. The third kappa shape index (κ3) is 3.38. The molecule has 25 heavy (non-hydrogen) atoms. The number of nitrogens with zero attached hydrogens (tertiary/aromatic N) is 2. The molecule has 0 spiro atoms. The van der Waals surface area contributed by atoms with Crippen molar-refractivity contribution in [2.24, 2.45) is 5.10 Å². The van der Waals surface area contributed by atoms with Crippen molar-refractivity contribution >= 4 is 23.2 Å². The number of methoxy groups -OCH3 is 1. The van der Waals surface area contributed by atoms with Gasteiger partial charge in [-0.05, 0) is 44.5 Å². The number of hydrazone groups is 1. The predicted octanol–water partition coefficient (Wildman–Crippen LogP) is 4.77. The highest BCUT2D eigenvalue weighted by Crippen LogP contribution is 2.40. The normalized spacial score (nSPS) is 15.7. The zero-order valence-electron chi connectivity index (χ0n) is 15.5. The Bertz CT molecular complexity index is 823. The molecule has 0 amide bonds. The molecule has 0 bridgehead atoms. The van der Waals surface area contributed by atoms with Gasteiger partial charge in [0, 0.05) is 29.9 Å². The number of fused-ring (bicyclic) bond motifs is 1. The largest absolute Gasteiger partial charge is 0.496 e. The Morgan fingerprint density at radius 2 is 1.88 bits per heavy atom. The summed E-state index contributed by atoms with van der Waals surface area (Å²) in [5, 5.41) is 4.35. The molecular formula is C21H25N3O. The van der Waals surface area contributed by atoms with E-state index in [0.717, 1.165) is 17.0 Å². The number of allylic oxidation sites excluding steroid dienone is 1. The number of nitrogens with one attached hydrogen (secondary N) is 1. The van der Waals surface area contributed by atoms with Crippen LogP contribution in [0.3, 0.4) is 0 Å². The van der Waals surface area contributed by atoms with Gasteiger partial charge in [0.25, 0.3) is 0 Å². The quantitative estimate of drug-likeness (QED) is 0.646. The van der Waals surface area contributed by atoms with Gasteiger partial charge in [-0.2, -0.15) is 5.10 Å². The van der Waals surface area contributed by atoms with Crippen LogP contribution in [0, 0.1) is 0 Å². The van der Waals surface area contributed by atoms with E-state index < -0.39 is 0 Å². The maximum absolute atomic E-state index is 5.60. The van der Waals surface area contributed by atoms with Crippen molar-refractivity contribution in [3.63, 3.8) is 0 Å². The summed E-state index contributed by atoms with van der Waals surface area (Å²) in [6.45, 7) is 6.58. The second kappa shape index (κ2) is 6.63.